The van der Waals surface area contributed by atoms with E-state index in [4.69, 9.17) is 0 Å². The zero-order valence-corrected chi connectivity index (χ0v) is 9.03. The van der Waals surface area contributed by atoms with Crippen LogP contribution in [0.2, 0.25) is 0 Å². The molecule has 1 unspecified atom stereocenters. The maximum absolute atomic E-state index is 10.0. The van der Waals surface area contributed by atoms with Gasteiger partial charge in [-0.3, -0.25) is 0 Å². The predicted molar refractivity (Wildman–Crippen MR) is 56.1 cm³/mol. The van der Waals surface area contributed by atoms with Gasteiger partial charge in [-0.25, -0.2) is 0 Å². The summed E-state index contributed by atoms with van der Waals surface area (Å²) < 4.78 is 0. The van der Waals surface area contributed by atoms with Crippen LogP contribution in [-0.2, 0) is 0 Å². The second-order valence-electron chi connectivity index (χ2n) is 4.04. The van der Waals surface area contributed by atoms with Crippen LogP contribution < -0.4 is 0 Å². The molecular weight excluding hydrogens is 180 g/mol. The van der Waals surface area contributed by atoms with Crippen molar-refractivity contribution >= 4 is 11.3 Å². The number of hydrogen-bond donors (Lipinski definition) is 1. The van der Waals surface area contributed by atoms with Gasteiger partial charge in [0.25, 0.3) is 0 Å². The Balaban J connectivity index is 2.18. The molecule has 1 aromatic rings. The van der Waals surface area contributed by atoms with Gasteiger partial charge in [0.2, 0.25) is 0 Å². The normalized spacial score (nSPS) is 19.9. The van der Waals surface area contributed by atoms with Gasteiger partial charge in [0.05, 0.1) is 6.10 Å². The average Bonchev–Trinajstić information content (AvgIpc) is 2.26. The van der Waals surface area contributed by atoms with Gasteiger partial charge in [0, 0.05) is 9.75 Å². The lowest BCUT2D eigenvalue weighted by Gasteiger charge is -2.30. The molecule has 1 atom stereocenters. The second-order valence-corrected chi connectivity index (χ2v) is 5.33. The molecule has 0 aromatic carbocycles. The molecule has 0 aliphatic heterocycles. The van der Waals surface area contributed by atoms with Crippen LogP contribution in [0.25, 0.3) is 0 Å². The summed E-state index contributed by atoms with van der Waals surface area (Å²) in [7, 11) is 0. The summed E-state index contributed by atoms with van der Waals surface area (Å²) in [4.78, 5) is 2.51. The minimum atomic E-state index is -0.188. The molecule has 2 rings (SSSR count). The highest BCUT2D eigenvalue weighted by molar-refractivity contribution is 7.12. The van der Waals surface area contributed by atoms with Gasteiger partial charge in [-0.1, -0.05) is 6.42 Å². The quantitative estimate of drug-likeness (QED) is 0.770. The number of aryl methyl sites for hydroxylation is 2. The maximum Gasteiger partial charge on any atom is 0.0912 e. The van der Waals surface area contributed by atoms with Gasteiger partial charge in [0.1, 0.15) is 0 Å². The van der Waals surface area contributed by atoms with E-state index in [1.54, 1.807) is 11.3 Å². The van der Waals surface area contributed by atoms with Gasteiger partial charge in [-0.15, -0.1) is 11.3 Å². The number of hydrogen-bond acceptors (Lipinski definition) is 2. The predicted octanol–water partition coefficient (Wildman–Crippen LogP) is 3.20. The summed E-state index contributed by atoms with van der Waals surface area (Å²) in [6.07, 6.45) is 3.52. The van der Waals surface area contributed by atoms with Crippen LogP contribution in [0, 0.1) is 19.8 Å². The van der Waals surface area contributed by atoms with E-state index < -0.39 is 0 Å². The summed E-state index contributed by atoms with van der Waals surface area (Å²) in [5.74, 6) is 0.539. The first kappa shape index (κ1) is 9.22. The summed E-state index contributed by atoms with van der Waals surface area (Å²) in [5.41, 5.74) is 1.27. The van der Waals surface area contributed by atoms with E-state index in [0.29, 0.717) is 5.92 Å². The Morgan fingerprint density at radius 2 is 2.15 bits per heavy atom. The zero-order valence-electron chi connectivity index (χ0n) is 8.21. The Labute approximate surface area is 83.4 Å². The highest BCUT2D eigenvalue weighted by Crippen LogP contribution is 2.41. The van der Waals surface area contributed by atoms with Crippen LogP contribution in [0.15, 0.2) is 6.07 Å². The van der Waals surface area contributed by atoms with E-state index in [-0.39, 0.29) is 6.10 Å². The average molecular weight is 196 g/mol. The van der Waals surface area contributed by atoms with Crippen LogP contribution >= 0.6 is 11.3 Å². The molecule has 1 aliphatic carbocycles. The number of aliphatic hydroxyl groups excluding tert-OH is 1. The van der Waals surface area contributed by atoms with Gasteiger partial charge >= 0.3 is 0 Å². The van der Waals surface area contributed by atoms with E-state index in [1.807, 2.05) is 0 Å². The van der Waals surface area contributed by atoms with Crippen LogP contribution in [-0.4, -0.2) is 5.11 Å². The van der Waals surface area contributed by atoms with Crippen molar-refractivity contribution in [2.45, 2.75) is 39.2 Å². The highest BCUT2D eigenvalue weighted by atomic mass is 32.1. The Hall–Kier alpha value is -0.340. The first-order chi connectivity index (χ1) is 6.18. The Morgan fingerprint density at radius 1 is 1.46 bits per heavy atom. The molecule has 1 aromatic heterocycles. The number of aliphatic hydroxyl groups is 1. The molecule has 0 saturated heterocycles. The molecule has 72 valence electrons. The van der Waals surface area contributed by atoms with Crippen LogP contribution in [0.5, 0.6) is 0 Å². The third-order valence-corrected chi connectivity index (χ3v) is 4.17. The first-order valence-electron chi connectivity index (χ1n) is 4.93. The van der Waals surface area contributed by atoms with Gasteiger partial charge in [0.15, 0.2) is 0 Å². The zero-order chi connectivity index (χ0) is 9.42. The van der Waals surface area contributed by atoms with Gasteiger partial charge in [-0.2, -0.15) is 0 Å². The molecule has 0 amide bonds. The van der Waals surface area contributed by atoms with Crippen molar-refractivity contribution in [2.24, 2.45) is 5.92 Å². The van der Waals surface area contributed by atoms with Crippen LogP contribution in [0.1, 0.15) is 40.7 Å². The van der Waals surface area contributed by atoms with Crippen LogP contribution in [0.3, 0.4) is 0 Å². The molecule has 0 spiro atoms. The van der Waals surface area contributed by atoms with Crippen molar-refractivity contribution in [3.05, 3.63) is 21.4 Å². The first-order valence-corrected chi connectivity index (χ1v) is 5.75. The van der Waals surface area contributed by atoms with Crippen molar-refractivity contribution in [3.63, 3.8) is 0 Å². The molecule has 1 heterocycles. The third-order valence-electron chi connectivity index (χ3n) is 2.94. The standard InChI is InChI=1S/C11H16OS/c1-7-6-8(2)13-11(7)10(12)9-4-3-5-9/h6,9-10,12H,3-5H2,1-2H3. The Bertz CT molecular complexity index is 299. The minimum absolute atomic E-state index is 0.188. The fourth-order valence-electron chi connectivity index (χ4n) is 1.92. The van der Waals surface area contributed by atoms with Crippen molar-refractivity contribution in [2.75, 3.05) is 0 Å². The summed E-state index contributed by atoms with van der Waals surface area (Å²) >= 11 is 1.75. The van der Waals surface area contributed by atoms with E-state index in [9.17, 15) is 5.11 Å². The largest absolute Gasteiger partial charge is 0.387 e. The van der Waals surface area contributed by atoms with E-state index in [1.165, 1.54) is 34.6 Å². The monoisotopic (exact) mass is 196 g/mol. The smallest absolute Gasteiger partial charge is 0.0912 e. The highest BCUT2D eigenvalue weighted by Gasteiger charge is 2.28. The topological polar surface area (TPSA) is 20.2 Å². The van der Waals surface area contributed by atoms with Gasteiger partial charge in [-0.05, 0) is 44.2 Å². The molecule has 1 saturated carbocycles. The molecule has 0 bridgehead atoms. The fraction of sp³-hybridized carbons (Fsp3) is 0.636. The van der Waals surface area contributed by atoms with E-state index >= 15 is 0 Å². The molecule has 13 heavy (non-hydrogen) atoms. The fourth-order valence-corrected chi connectivity index (χ4v) is 3.04. The molecule has 0 radical (unpaired) electrons. The molecule has 1 N–H and O–H groups in total. The molecule has 2 heteroatoms. The van der Waals surface area contributed by atoms with E-state index in [0.717, 1.165) is 0 Å². The van der Waals surface area contributed by atoms with Gasteiger partial charge < -0.3 is 5.11 Å². The van der Waals surface area contributed by atoms with Crippen molar-refractivity contribution in [1.29, 1.82) is 0 Å². The Kier molecular flexibility index (Phi) is 2.43. The lowest BCUT2D eigenvalue weighted by atomic mass is 9.80. The third kappa shape index (κ3) is 1.65. The summed E-state index contributed by atoms with van der Waals surface area (Å²) in [6, 6.07) is 2.17. The SMILES string of the molecule is Cc1cc(C)c(C(O)C2CCC2)s1. The summed E-state index contributed by atoms with van der Waals surface area (Å²) in [6.45, 7) is 4.20. The number of rotatable bonds is 2. The second kappa shape index (κ2) is 3.43. The lowest BCUT2D eigenvalue weighted by Crippen LogP contribution is -2.19. The van der Waals surface area contributed by atoms with Crippen LogP contribution in [0.4, 0.5) is 0 Å². The molecular formula is C11H16OS. The number of thiophene rings is 1. The van der Waals surface area contributed by atoms with Crippen molar-refractivity contribution in [1.82, 2.24) is 0 Å². The minimum Gasteiger partial charge on any atom is -0.387 e. The van der Waals surface area contributed by atoms with Crippen molar-refractivity contribution in [3.8, 4) is 0 Å². The molecule has 1 aliphatic rings. The molecule has 1 fully saturated rings. The van der Waals surface area contributed by atoms with E-state index in [2.05, 4.69) is 19.9 Å². The maximum atomic E-state index is 10.0. The summed E-state index contributed by atoms with van der Waals surface area (Å²) in [5, 5.41) is 10.0. The molecule has 1 nitrogen and oxygen atoms in total. The lowest BCUT2D eigenvalue weighted by molar-refractivity contribution is 0.0645. The Morgan fingerprint density at radius 3 is 2.54 bits per heavy atom. The van der Waals surface area contributed by atoms with Crippen molar-refractivity contribution < 1.29 is 5.11 Å².